The van der Waals surface area contributed by atoms with E-state index in [1.807, 2.05) is 17.5 Å². The first kappa shape index (κ1) is 17.6. The molecule has 4 nitrogen and oxygen atoms in total. The van der Waals surface area contributed by atoms with Gasteiger partial charge in [0.05, 0.1) is 17.0 Å². The van der Waals surface area contributed by atoms with E-state index in [0.717, 1.165) is 4.88 Å². The van der Waals surface area contributed by atoms with Crippen molar-refractivity contribution in [3.05, 3.63) is 53.2 Å². The number of nitrogens with zero attached hydrogens (tertiary/aromatic N) is 1. The molecule has 0 radical (unpaired) electrons. The summed E-state index contributed by atoms with van der Waals surface area (Å²) in [5.41, 5.74) is 1.12. The van der Waals surface area contributed by atoms with Crippen molar-refractivity contribution in [3.8, 4) is 10.8 Å². The fraction of sp³-hybridized carbons (Fsp3) is 0.176. The maximum atomic E-state index is 12.3. The molecule has 3 rings (SSSR count). The van der Waals surface area contributed by atoms with E-state index < -0.39 is 5.76 Å². The molecule has 0 fully saturated rings. The van der Waals surface area contributed by atoms with Crippen LogP contribution in [0.4, 0.5) is 14.5 Å². The lowest BCUT2D eigenvalue weighted by atomic mass is 10.2. The maximum absolute atomic E-state index is 12.3. The number of aryl methyl sites for hydroxylation is 1. The van der Waals surface area contributed by atoms with Crippen LogP contribution in [0.15, 0.2) is 51.1 Å². The Morgan fingerprint density at radius 2 is 2.08 bits per heavy atom. The van der Waals surface area contributed by atoms with Crippen molar-refractivity contribution in [1.82, 2.24) is 4.98 Å². The summed E-state index contributed by atoms with van der Waals surface area (Å²) in [6.45, 7) is 1.77. The molecule has 1 N–H and O–H groups in total. The van der Waals surface area contributed by atoms with Crippen LogP contribution >= 0.6 is 23.1 Å². The van der Waals surface area contributed by atoms with E-state index in [1.54, 1.807) is 31.2 Å². The van der Waals surface area contributed by atoms with E-state index in [-0.39, 0.29) is 12.3 Å². The number of oxazole rings is 1. The number of anilines is 1. The quantitative estimate of drug-likeness (QED) is 0.597. The van der Waals surface area contributed by atoms with E-state index in [0.29, 0.717) is 39.7 Å². The number of aromatic nitrogens is 1. The van der Waals surface area contributed by atoms with Crippen molar-refractivity contribution in [2.75, 3.05) is 5.32 Å². The van der Waals surface area contributed by atoms with Crippen LogP contribution in [0.5, 0.6) is 0 Å². The summed E-state index contributed by atoms with van der Waals surface area (Å²) in [6.07, 6.45) is 0.0776. The number of benzene rings is 1. The summed E-state index contributed by atoms with van der Waals surface area (Å²) in [5, 5.41) is 4.66. The molecule has 25 heavy (non-hydrogen) atoms. The predicted molar refractivity (Wildman–Crippen MR) is 95.2 cm³/mol. The van der Waals surface area contributed by atoms with Gasteiger partial charge in [0.15, 0.2) is 0 Å². The van der Waals surface area contributed by atoms with Crippen molar-refractivity contribution in [3.63, 3.8) is 0 Å². The third kappa shape index (κ3) is 4.67. The monoisotopic (exact) mass is 380 g/mol. The molecule has 2 heterocycles. The SMILES string of the molecule is Cc1oc(-c2cccs2)nc1CC(=O)Nc1ccc(SC(F)F)cc1. The molecule has 0 unspecified atom stereocenters. The van der Waals surface area contributed by atoms with Gasteiger partial charge in [-0.25, -0.2) is 4.98 Å². The Hall–Kier alpha value is -2.19. The minimum absolute atomic E-state index is 0.0776. The first-order valence-corrected chi connectivity index (χ1v) is 9.12. The average molecular weight is 380 g/mol. The molecule has 1 amide bonds. The highest BCUT2D eigenvalue weighted by Gasteiger charge is 2.15. The van der Waals surface area contributed by atoms with Gasteiger partial charge < -0.3 is 9.73 Å². The summed E-state index contributed by atoms with van der Waals surface area (Å²) in [6, 6.07) is 10.1. The van der Waals surface area contributed by atoms with E-state index in [4.69, 9.17) is 4.42 Å². The molecular weight excluding hydrogens is 366 g/mol. The minimum atomic E-state index is -2.46. The Morgan fingerprint density at radius 3 is 2.72 bits per heavy atom. The molecule has 0 aliphatic heterocycles. The zero-order chi connectivity index (χ0) is 17.8. The highest BCUT2D eigenvalue weighted by molar-refractivity contribution is 7.99. The van der Waals surface area contributed by atoms with Gasteiger partial charge in [-0.3, -0.25) is 4.79 Å². The first-order valence-electron chi connectivity index (χ1n) is 7.36. The summed E-state index contributed by atoms with van der Waals surface area (Å²) >= 11 is 1.98. The van der Waals surface area contributed by atoms with Crippen LogP contribution in [0.3, 0.4) is 0 Å². The topological polar surface area (TPSA) is 55.1 Å². The smallest absolute Gasteiger partial charge is 0.288 e. The standard InChI is InChI=1S/C17H14F2N2O2S2/c1-10-13(21-16(23-10)14-3-2-8-24-14)9-15(22)20-11-4-6-12(7-5-11)25-17(18)19/h2-8,17H,9H2,1H3,(H,20,22). The number of carbonyl (C=O) groups is 1. The lowest BCUT2D eigenvalue weighted by molar-refractivity contribution is -0.115. The van der Waals surface area contributed by atoms with Gasteiger partial charge in [-0.1, -0.05) is 17.8 Å². The number of amides is 1. The van der Waals surface area contributed by atoms with Crippen LogP contribution in [0.1, 0.15) is 11.5 Å². The molecule has 0 aliphatic carbocycles. The zero-order valence-corrected chi connectivity index (χ0v) is 14.8. The second-order valence-corrected chi connectivity index (χ2v) is 7.14. The van der Waals surface area contributed by atoms with Crippen LogP contribution < -0.4 is 5.32 Å². The van der Waals surface area contributed by atoms with E-state index in [1.165, 1.54) is 11.3 Å². The van der Waals surface area contributed by atoms with Crippen molar-refractivity contribution in [2.24, 2.45) is 0 Å². The molecule has 2 aromatic heterocycles. The van der Waals surface area contributed by atoms with Gasteiger partial charge in [0.25, 0.3) is 5.76 Å². The highest BCUT2D eigenvalue weighted by Crippen LogP contribution is 2.27. The van der Waals surface area contributed by atoms with Crippen molar-refractivity contribution in [1.29, 1.82) is 0 Å². The average Bonchev–Trinajstić information content (AvgIpc) is 3.19. The third-order valence-corrected chi connectivity index (χ3v) is 4.90. The number of nitrogens with one attached hydrogen (secondary N) is 1. The fourth-order valence-corrected chi connectivity index (χ4v) is 3.32. The van der Waals surface area contributed by atoms with Gasteiger partial charge in [-0.2, -0.15) is 8.78 Å². The number of thiophene rings is 1. The Balaban J connectivity index is 1.63. The van der Waals surface area contributed by atoms with Gasteiger partial charge in [0.2, 0.25) is 11.8 Å². The second kappa shape index (κ2) is 7.79. The Kier molecular flexibility index (Phi) is 5.50. The normalized spacial score (nSPS) is 11.0. The Bertz CT molecular complexity index is 846. The molecular formula is C17H14F2N2O2S2. The van der Waals surface area contributed by atoms with Crippen molar-refractivity contribution < 1.29 is 18.0 Å². The maximum Gasteiger partial charge on any atom is 0.288 e. The Labute approximate surface area is 151 Å². The van der Waals surface area contributed by atoms with Crippen molar-refractivity contribution in [2.45, 2.75) is 24.0 Å². The van der Waals surface area contributed by atoms with Gasteiger partial charge in [-0.15, -0.1) is 11.3 Å². The van der Waals surface area contributed by atoms with E-state index in [2.05, 4.69) is 10.3 Å². The largest absolute Gasteiger partial charge is 0.440 e. The number of thioether (sulfide) groups is 1. The van der Waals surface area contributed by atoms with Crippen LogP contribution in [-0.4, -0.2) is 16.6 Å². The molecule has 0 aliphatic rings. The van der Waals surface area contributed by atoms with Crippen LogP contribution in [0, 0.1) is 6.92 Å². The molecule has 8 heteroatoms. The van der Waals surface area contributed by atoms with Gasteiger partial charge >= 0.3 is 0 Å². The predicted octanol–water partition coefficient (Wildman–Crippen LogP) is 5.21. The zero-order valence-electron chi connectivity index (χ0n) is 13.2. The molecule has 3 aromatic rings. The van der Waals surface area contributed by atoms with Crippen LogP contribution in [0.2, 0.25) is 0 Å². The summed E-state index contributed by atoms with van der Waals surface area (Å²) < 4.78 is 30.2. The minimum Gasteiger partial charge on any atom is -0.440 e. The molecule has 0 saturated carbocycles. The highest BCUT2D eigenvalue weighted by atomic mass is 32.2. The van der Waals surface area contributed by atoms with Gasteiger partial charge in [0.1, 0.15) is 5.76 Å². The number of rotatable bonds is 6. The van der Waals surface area contributed by atoms with E-state index >= 15 is 0 Å². The second-order valence-electron chi connectivity index (χ2n) is 5.13. The Morgan fingerprint density at radius 1 is 1.32 bits per heavy atom. The number of hydrogen-bond acceptors (Lipinski definition) is 5. The third-order valence-electron chi connectivity index (χ3n) is 3.32. The number of alkyl halides is 2. The van der Waals surface area contributed by atoms with Crippen LogP contribution in [-0.2, 0) is 11.2 Å². The molecule has 0 spiro atoms. The fourth-order valence-electron chi connectivity index (χ4n) is 2.17. The lowest BCUT2D eigenvalue weighted by Crippen LogP contribution is -2.15. The number of halogens is 2. The van der Waals surface area contributed by atoms with Crippen LogP contribution in [0.25, 0.3) is 10.8 Å². The molecule has 130 valence electrons. The number of hydrogen-bond donors (Lipinski definition) is 1. The molecule has 0 bridgehead atoms. The number of carbonyl (C=O) groups excluding carboxylic acids is 1. The van der Waals surface area contributed by atoms with Gasteiger partial charge in [-0.05, 0) is 42.6 Å². The van der Waals surface area contributed by atoms with Gasteiger partial charge in [0, 0.05) is 10.6 Å². The van der Waals surface area contributed by atoms with E-state index in [9.17, 15) is 13.6 Å². The van der Waals surface area contributed by atoms with Crippen molar-refractivity contribution >= 4 is 34.7 Å². The summed E-state index contributed by atoms with van der Waals surface area (Å²) in [7, 11) is 0. The molecule has 1 aromatic carbocycles. The first-order chi connectivity index (χ1) is 12.0. The molecule has 0 atom stereocenters. The summed E-state index contributed by atoms with van der Waals surface area (Å²) in [5.74, 6) is -1.61. The lowest BCUT2D eigenvalue weighted by Gasteiger charge is -2.05. The molecule has 0 saturated heterocycles. The summed E-state index contributed by atoms with van der Waals surface area (Å²) in [4.78, 5) is 17.9.